The van der Waals surface area contributed by atoms with Gasteiger partial charge in [0.1, 0.15) is 5.75 Å². The van der Waals surface area contributed by atoms with E-state index in [4.69, 9.17) is 4.74 Å². The monoisotopic (exact) mass is 391 g/mol. The van der Waals surface area contributed by atoms with Crippen LogP contribution in [0.15, 0.2) is 59.9 Å². The first-order valence-electron chi connectivity index (χ1n) is 6.51. The predicted octanol–water partition coefficient (Wildman–Crippen LogP) is 3.24. The molecule has 1 N–H and O–H groups in total. The molecule has 4 nitrogen and oxygen atoms in total. The molecule has 1 atom stereocenters. The van der Waals surface area contributed by atoms with Crippen LogP contribution in [0, 0.1) is 0 Å². The predicted molar refractivity (Wildman–Crippen MR) is 92.7 cm³/mol. The molecule has 1 aromatic carbocycles. The second kappa shape index (κ2) is 6.26. The Kier molecular flexibility index (Phi) is 4.19. The first-order valence-corrected chi connectivity index (χ1v) is 7.76. The number of rotatable bonds is 3. The average Bonchev–Trinajstić information content (AvgIpc) is 2.55. The third-order valence-corrected chi connectivity index (χ3v) is 3.78. The van der Waals surface area contributed by atoms with Crippen molar-refractivity contribution < 1.29 is 4.74 Å². The van der Waals surface area contributed by atoms with Gasteiger partial charge in [-0.15, -0.1) is 0 Å². The van der Waals surface area contributed by atoms with Crippen LogP contribution in [0.1, 0.15) is 11.1 Å². The molecule has 1 aliphatic heterocycles. The molecule has 1 aliphatic rings. The van der Waals surface area contributed by atoms with E-state index in [9.17, 15) is 0 Å². The van der Waals surface area contributed by atoms with Crippen LogP contribution >= 0.6 is 22.6 Å². The normalized spacial score (nSPS) is 17.5. The van der Waals surface area contributed by atoms with Gasteiger partial charge in [0.05, 0.1) is 12.8 Å². The van der Waals surface area contributed by atoms with Crippen molar-refractivity contribution in [3.8, 4) is 5.75 Å². The maximum Gasteiger partial charge on any atom is 0.171 e. The Labute approximate surface area is 137 Å². The number of hydrogen-bond acceptors (Lipinski definition) is 4. The molecule has 2 aromatic rings. The fourth-order valence-corrected chi connectivity index (χ4v) is 2.75. The summed E-state index contributed by atoms with van der Waals surface area (Å²) in [6.45, 7) is 0. The van der Waals surface area contributed by atoms with Crippen LogP contribution in [0.25, 0.3) is 5.70 Å². The number of pyridine rings is 1. The second-order valence-corrected chi connectivity index (χ2v) is 5.70. The van der Waals surface area contributed by atoms with Gasteiger partial charge in [-0.3, -0.25) is 4.98 Å². The van der Waals surface area contributed by atoms with E-state index in [1.54, 1.807) is 19.5 Å². The maximum absolute atomic E-state index is 5.19. The third-order valence-electron chi connectivity index (χ3n) is 3.19. The summed E-state index contributed by atoms with van der Waals surface area (Å²) in [5.41, 5.74) is 4.19. The highest BCUT2D eigenvalue weighted by molar-refractivity contribution is 14.1. The number of aliphatic imine (C=N–C) groups is 1. The summed E-state index contributed by atoms with van der Waals surface area (Å²) < 4.78 is 5.20. The minimum atomic E-state index is 0.00728. The summed E-state index contributed by atoms with van der Waals surface area (Å²) >= 11 is 2.28. The lowest BCUT2D eigenvalue weighted by Gasteiger charge is -2.20. The third kappa shape index (κ3) is 3.24. The van der Waals surface area contributed by atoms with Gasteiger partial charge in [0.2, 0.25) is 0 Å². The SMILES string of the molecule is COc1ccc(C2=NC(I)NC(c3ccncc3)=C2)cc1. The van der Waals surface area contributed by atoms with Crippen LogP contribution in [-0.4, -0.2) is 22.0 Å². The molecule has 0 aliphatic carbocycles. The van der Waals surface area contributed by atoms with E-state index in [0.717, 1.165) is 28.3 Å². The highest BCUT2D eigenvalue weighted by Gasteiger charge is 2.15. The Morgan fingerprint density at radius 3 is 2.43 bits per heavy atom. The van der Waals surface area contributed by atoms with Crippen molar-refractivity contribution in [1.82, 2.24) is 10.3 Å². The molecule has 1 unspecified atom stereocenters. The van der Waals surface area contributed by atoms with Crippen molar-refractivity contribution in [3.05, 3.63) is 66.0 Å². The highest BCUT2D eigenvalue weighted by atomic mass is 127. The summed E-state index contributed by atoms with van der Waals surface area (Å²) in [7, 11) is 1.67. The van der Waals surface area contributed by atoms with Crippen LogP contribution in [0.5, 0.6) is 5.75 Å². The van der Waals surface area contributed by atoms with Crippen molar-refractivity contribution in [3.63, 3.8) is 0 Å². The number of benzene rings is 1. The van der Waals surface area contributed by atoms with Gasteiger partial charge in [-0.2, -0.15) is 0 Å². The van der Waals surface area contributed by atoms with Crippen LogP contribution in [0.4, 0.5) is 0 Å². The van der Waals surface area contributed by atoms with E-state index in [1.807, 2.05) is 36.4 Å². The molecule has 0 spiro atoms. The van der Waals surface area contributed by atoms with Crippen LogP contribution in [-0.2, 0) is 0 Å². The molecule has 3 rings (SSSR count). The number of nitrogens with one attached hydrogen (secondary N) is 1. The molecule has 0 amide bonds. The Morgan fingerprint density at radius 2 is 1.76 bits per heavy atom. The van der Waals surface area contributed by atoms with Gasteiger partial charge >= 0.3 is 0 Å². The van der Waals surface area contributed by atoms with E-state index >= 15 is 0 Å². The molecule has 0 fully saturated rings. The average molecular weight is 391 g/mol. The molecule has 106 valence electrons. The van der Waals surface area contributed by atoms with E-state index in [-0.39, 0.29) is 4.17 Å². The number of nitrogens with zero attached hydrogens (tertiary/aromatic N) is 2. The number of aromatic nitrogens is 1. The fourth-order valence-electron chi connectivity index (χ4n) is 2.12. The van der Waals surface area contributed by atoms with Crippen molar-refractivity contribution >= 4 is 34.0 Å². The molecule has 0 bridgehead atoms. The first kappa shape index (κ1) is 14.1. The number of hydrogen-bond donors (Lipinski definition) is 1. The molecule has 0 radical (unpaired) electrons. The smallest absolute Gasteiger partial charge is 0.171 e. The molecule has 2 heterocycles. The van der Waals surface area contributed by atoms with Crippen LogP contribution in [0.3, 0.4) is 0 Å². The summed E-state index contributed by atoms with van der Waals surface area (Å²) in [5, 5.41) is 3.36. The Balaban J connectivity index is 1.95. The first-order chi connectivity index (χ1) is 10.3. The minimum absolute atomic E-state index is 0.00728. The van der Waals surface area contributed by atoms with Crippen molar-refractivity contribution in [2.24, 2.45) is 4.99 Å². The lowest BCUT2D eigenvalue weighted by molar-refractivity contribution is 0.415. The van der Waals surface area contributed by atoms with Gasteiger partial charge in [0.15, 0.2) is 4.17 Å². The quantitative estimate of drug-likeness (QED) is 0.497. The molecular formula is C16H14IN3O. The maximum atomic E-state index is 5.19. The lowest BCUT2D eigenvalue weighted by atomic mass is 10.1. The fraction of sp³-hybridized carbons (Fsp3) is 0.125. The summed E-state index contributed by atoms with van der Waals surface area (Å²) in [6.07, 6.45) is 5.64. The van der Waals surface area contributed by atoms with Crippen molar-refractivity contribution in [1.29, 1.82) is 0 Å². The van der Waals surface area contributed by atoms with Gasteiger partial charge in [-0.05, 0) is 65.1 Å². The Morgan fingerprint density at radius 1 is 1.05 bits per heavy atom. The minimum Gasteiger partial charge on any atom is -0.497 e. The number of ether oxygens (including phenoxy) is 1. The molecule has 1 aromatic heterocycles. The zero-order chi connectivity index (χ0) is 14.7. The largest absolute Gasteiger partial charge is 0.497 e. The molecule has 21 heavy (non-hydrogen) atoms. The second-order valence-electron chi connectivity index (χ2n) is 4.52. The number of methoxy groups -OCH3 is 1. The zero-order valence-electron chi connectivity index (χ0n) is 11.5. The van der Waals surface area contributed by atoms with Gasteiger partial charge in [-0.25, -0.2) is 4.99 Å². The summed E-state index contributed by atoms with van der Waals surface area (Å²) in [6, 6.07) is 11.9. The van der Waals surface area contributed by atoms with Gasteiger partial charge in [-0.1, -0.05) is 0 Å². The van der Waals surface area contributed by atoms with Gasteiger partial charge in [0, 0.05) is 29.2 Å². The van der Waals surface area contributed by atoms with E-state index < -0.39 is 0 Å². The molecule has 5 heteroatoms. The number of alkyl halides is 1. The van der Waals surface area contributed by atoms with Crippen molar-refractivity contribution in [2.45, 2.75) is 4.17 Å². The van der Waals surface area contributed by atoms with Crippen LogP contribution in [0.2, 0.25) is 0 Å². The van der Waals surface area contributed by atoms with E-state index in [0.29, 0.717) is 0 Å². The standard InChI is InChI=1S/C16H14IN3O/c1-21-13-4-2-11(3-5-13)14-10-15(20-16(17)19-14)12-6-8-18-9-7-12/h2-10,16,20H,1H3. The number of halogens is 1. The lowest BCUT2D eigenvalue weighted by Crippen LogP contribution is -2.26. The molecular weight excluding hydrogens is 377 g/mol. The Hall–Kier alpha value is -1.89. The molecule has 0 saturated heterocycles. The van der Waals surface area contributed by atoms with Gasteiger partial charge in [0.25, 0.3) is 0 Å². The number of allylic oxidation sites excluding steroid dienone is 1. The van der Waals surface area contributed by atoms with Crippen molar-refractivity contribution in [2.75, 3.05) is 7.11 Å². The van der Waals surface area contributed by atoms with E-state index in [2.05, 4.69) is 44.0 Å². The molecule has 0 saturated carbocycles. The summed E-state index contributed by atoms with van der Waals surface area (Å²) in [4.78, 5) is 8.70. The van der Waals surface area contributed by atoms with Gasteiger partial charge < -0.3 is 10.1 Å². The summed E-state index contributed by atoms with van der Waals surface area (Å²) in [5.74, 6) is 0.845. The van der Waals surface area contributed by atoms with Crippen LogP contribution < -0.4 is 10.1 Å². The zero-order valence-corrected chi connectivity index (χ0v) is 13.6. The Bertz CT molecular complexity index is 680. The van der Waals surface area contributed by atoms with E-state index in [1.165, 1.54) is 0 Å². The highest BCUT2D eigenvalue weighted by Crippen LogP contribution is 2.21. The topological polar surface area (TPSA) is 46.5 Å².